The normalized spacial score (nSPS) is 11.0. The Morgan fingerprint density at radius 3 is 2.70 bits per heavy atom. The van der Waals surface area contributed by atoms with E-state index in [1.165, 1.54) is 6.07 Å². The van der Waals surface area contributed by atoms with E-state index < -0.39 is 5.97 Å². The van der Waals surface area contributed by atoms with E-state index in [1.54, 1.807) is 44.3 Å². The fraction of sp³-hybridized carbons (Fsp3) is 0.190. The summed E-state index contributed by atoms with van der Waals surface area (Å²) in [6.07, 6.45) is 5.06. The Labute approximate surface area is 156 Å². The number of hydrogen-bond donors (Lipinski definition) is 0. The van der Waals surface area contributed by atoms with Crippen LogP contribution in [0.1, 0.15) is 35.7 Å². The van der Waals surface area contributed by atoms with Crippen LogP contribution in [0.2, 0.25) is 0 Å². The zero-order valence-corrected chi connectivity index (χ0v) is 15.1. The molecule has 6 nitrogen and oxygen atoms in total. The smallest absolute Gasteiger partial charge is 0.338 e. The highest BCUT2D eigenvalue weighted by Gasteiger charge is 2.16. The van der Waals surface area contributed by atoms with Crippen molar-refractivity contribution in [3.63, 3.8) is 0 Å². The van der Waals surface area contributed by atoms with Crippen LogP contribution in [0.5, 0.6) is 5.75 Å². The van der Waals surface area contributed by atoms with Crippen LogP contribution in [-0.2, 0) is 4.74 Å². The summed E-state index contributed by atoms with van der Waals surface area (Å²) in [7, 11) is 0. The highest BCUT2D eigenvalue weighted by molar-refractivity contribution is 5.94. The van der Waals surface area contributed by atoms with Crippen molar-refractivity contribution in [3.8, 4) is 5.75 Å². The zero-order chi connectivity index (χ0) is 19.2. The van der Waals surface area contributed by atoms with Crippen molar-refractivity contribution >= 4 is 29.1 Å². The van der Waals surface area contributed by atoms with Gasteiger partial charge in [0.25, 0.3) is 0 Å². The van der Waals surface area contributed by atoms with Crippen LogP contribution in [-0.4, -0.2) is 24.2 Å². The molecule has 0 saturated heterocycles. The van der Waals surface area contributed by atoms with Gasteiger partial charge in [0.2, 0.25) is 11.2 Å². The Hall–Kier alpha value is -3.41. The first-order valence-corrected chi connectivity index (χ1v) is 8.64. The Kier molecular flexibility index (Phi) is 5.66. The molecule has 0 aliphatic heterocycles. The summed E-state index contributed by atoms with van der Waals surface area (Å²) in [6, 6.07) is 10.1. The van der Waals surface area contributed by atoms with Gasteiger partial charge in [-0.3, -0.25) is 9.78 Å². The van der Waals surface area contributed by atoms with E-state index in [0.29, 0.717) is 18.0 Å². The molecule has 138 valence electrons. The van der Waals surface area contributed by atoms with E-state index in [4.69, 9.17) is 13.9 Å². The van der Waals surface area contributed by atoms with E-state index in [2.05, 4.69) is 4.98 Å². The van der Waals surface area contributed by atoms with E-state index in [9.17, 15) is 9.59 Å². The molecule has 2 heterocycles. The maximum atomic E-state index is 12.9. The molecule has 0 aliphatic carbocycles. The van der Waals surface area contributed by atoms with E-state index in [0.717, 1.165) is 5.69 Å². The minimum atomic E-state index is -0.490. The Morgan fingerprint density at radius 2 is 2.00 bits per heavy atom. The SMILES string of the molecule is CCOC(=O)c1ccc2oc(C=Cc3ccccn3)c(OCC)c(=O)c2c1. The first-order chi connectivity index (χ1) is 13.1. The third-order valence-electron chi connectivity index (χ3n) is 3.77. The van der Waals surface area contributed by atoms with Crippen molar-refractivity contribution in [2.45, 2.75) is 13.8 Å². The molecule has 0 bridgehead atoms. The molecule has 27 heavy (non-hydrogen) atoms. The lowest BCUT2D eigenvalue weighted by atomic mass is 10.1. The molecule has 0 amide bonds. The molecule has 0 N–H and O–H groups in total. The molecular weight excluding hydrogens is 346 g/mol. The highest BCUT2D eigenvalue weighted by Crippen LogP contribution is 2.24. The predicted molar refractivity (Wildman–Crippen MR) is 103 cm³/mol. The largest absolute Gasteiger partial charge is 0.487 e. The summed E-state index contributed by atoms with van der Waals surface area (Å²) in [6.45, 7) is 4.07. The molecule has 2 aromatic heterocycles. The molecule has 0 atom stereocenters. The standard InChI is InChI=1S/C21H19NO5/c1-3-25-20-18(11-9-15-7-5-6-12-22-15)27-17-10-8-14(21(24)26-4-2)13-16(17)19(20)23/h5-13H,3-4H2,1-2H3. The third-order valence-corrected chi connectivity index (χ3v) is 3.77. The average Bonchev–Trinajstić information content (AvgIpc) is 2.69. The van der Waals surface area contributed by atoms with Crippen molar-refractivity contribution in [1.29, 1.82) is 0 Å². The van der Waals surface area contributed by atoms with E-state index >= 15 is 0 Å². The van der Waals surface area contributed by atoms with Crippen LogP contribution in [0.4, 0.5) is 0 Å². The molecule has 3 rings (SSSR count). The number of pyridine rings is 1. The minimum Gasteiger partial charge on any atom is -0.487 e. The summed E-state index contributed by atoms with van der Waals surface area (Å²) >= 11 is 0. The molecule has 1 aromatic carbocycles. The van der Waals surface area contributed by atoms with E-state index in [1.807, 2.05) is 18.2 Å². The number of rotatable bonds is 6. The van der Waals surface area contributed by atoms with Gasteiger partial charge >= 0.3 is 5.97 Å². The molecule has 0 aliphatic rings. The molecule has 0 fully saturated rings. The monoisotopic (exact) mass is 365 g/mol. The minimum absolute atomic E-state index is 0.0955. The Bertz CT molecular complexity index is 1040. The molecule has 3 aromatic rings. The van der Waals surface area contributed by atoms with Crippen LogP contribution < -0.4 is 10.2 Å². The summed E-state index contributed by atoms with van der Waals surface area (Å²) < 4.78 is 16.4. The van der Waals surface area contributed by atoms with Gasteiger partial charge in [-0.15, -0.1) is 0 Å². The Balaban J connectivity index is 2.10. The fourth-order valence-electron chi connectivity index (χ4n) is 2.56. The van der Waals surface area contributed by atoms with Gasteiger partial charge in [-0.1, -0.05) is 6.07 Å². The maximum absolute atomic E-state index is 12.9. The van der Waals surface area contributed by atoms with Crippen molar-refractivity contribution < 1.29 is 18.7 Å². The van der Waals surface area contributed by atoms with Gasteiger partial charge < -0.3 is 13.9 Å². The number of carbonyl (C=O) groups is 1. The summed E-state index contributed by atoms with van der Waals surface area (Å²) in [5.41, 5.74) is 1.03. The molecule has 0 unspecified atom stereocenters. The summed E-state index contributed by atoms with van der Waals surface area (Å²) in [4.78, 5) is 29.0. The van der Waals surface area contributed by atoms with Gasteiger partial charge in [0.15, 0.2) is 5.76 Å². The first-order valence-electron chi connectivity index (χ1n) is 8.64. The van der Waals surface area contributed by atoms with Crippen molar-refractivity contribution in [2.24, 2.45) is 0 Å². The fourth-order valence-corrected chi connectivity index (χ4v) is 2.56. The van der Waals surface area contributed by atoms with Crippen LogP contribution >= 0.6 is 0 Å². The first kappa shape index (κ1) is 18.4. The van der Waals surface area contributed by atoms with Gasteiger partial charge in [0.05, 0.1) is 29.9 Å². The molecule has 0 saturated carbocycles. The van der Waals surface area contributed by atoms with Crippen LogP contribution in [0.25, 0.3) is 23.1 Å². The number of ether oxygens (including phenoxy) is 2. The van der Waals surface area contributed by atoms with Gasteiger partial charge in [0.1, 0.15) is 5.58 Å². The number of esters is 1. The number of nitrogens with zero attached hydrogens (tertiary/aromatic N) is 1. The zero-order valence-electron chi connectivity index (χ0n) is 15.1. The number of aromatic nitrogens is 1. The molecular formula is C21H19NO5. The highest BCUT2D eigenvalue weighted by atomic mass is 16.5. The maximum Gasteiger partial charge on any atom is 0.338 e. The van der Waals surface area contributed by atoms with Gasteiger partial charge in [-0.25, -0.2) is 4.79 Å². The lowest BCUT2D eigenvalue weighted by Gasteiger charge is -2.09. The van der Waals surface area contributed by atoms with Gasteiger partial charge in [-0.05, 0) is 56.3 Å². The van der Waals surface area contributed by atoms with E-state index in [-0.39, 0.29) is 28.7 Å². The average molecular weight is 365 g/mol. The number of benzene rings is 1. The lowest BCUT2D eigenvalue weighted by Crippen LogP contribution is -2.11. The molecule has 6 heteroatoms. The third kappa shape index (κ3) is 4.06. The topological polar surface area (TPSA) is 78.6 Å². The van der Waals surface area contributed by atoms with Gasteiger partial charge in [0, 0.05) is 6.20 Å². The predicted octanol–water partition coefficient (Wildman–Crippen LogP) is 3.93. The summed E-state index contributed by atoms with van der Waals surface area (Å²) in [5, 5.41) is 0.263. The second-order valence-corrected chi connectivity index (χ2v) is 5.58. The lowest BCUT2D eigenvalue weighted by molar-refractivity contribution is 0.0526. The molecule has 0 radical (unpaired) electrons. The number of fused-ring (bicyclic) bond motifs is 1. The molecule has 0 spiro atoms. The van der Waals surface area contributed by atoms with Crippen LogP contribution in [0, 0.1) is 0 Å². The van der Waals surface area contributed by atoms with Crippen molar-refractivity contribution in [2.75, 3.05) is 13.2 Å². The second kappa shape index (κ2) is 8.31. The number of hydrogen-bond acceptors (Lipinski definition) is 6. The quantitative estimate of drug-likeness (QED) is 0.616. The summed E-state index contributed by atoms with van der Waals surface area (Å²) in [5.74, 6) is -0.0991. The number of carbonyl (C=O) groups excluding carboxylic acids is 1. The van der Waals surface area contributed by atoms with Crippen LogP contribution in [0.15, 0.2) is 51.8 Å². The Morgan fingerprint density at radius 1 is 1.15 bits per heavy atom. The van der Waals surface area contributed by atoms with Crippen molar-refractivity contribution in [3.05, 3.63) is 69.8 Å². The van der Waals surface area contributed by atoms with Crippen LogP contribution in [0.3, 0.4) is 0 Å². The van der Waals surface area contributed by atoms with Crippen molar-refractivity contribution in [1.82, 2.24) is 4.98 Å². The van der Waals surface area contributed by atoms with Gasteiger partial charge in [-0.2, -0.15) is 0 Å². The second-order valence-electron chi connectivity index (χ2n) is 5.58.